The predicted octanol–water partition coefficient (Wildman–Crippen LogP) is 3.71. The summed E-state index contributed by atoms with van der Waals surface area (Å²) >= 11 is 0. The molecule has 5 nitrogen and oxygen atoms in total. The smallest absolute Gasteiger partial charge is 0.270 e. The Hall–Kier alpha value is -3.54. The molecule has 0 unspecified atom stereocenters. The average Bonchev–Trinajstić information content (AvgIpc) is 2.67. The maximum Gasteiger partial charge on any atom is 0.270 e. The topological polar surface area (TPSA) is 71.1 Å². The van der Waals surface area contributed by atoms with Crippen LogP contribution in [0.15, 0.2) is 66.9 Å². The summed E-state index contributed by atoms with van der Waals surface area (Å²) in [5.74, 6) is -1.07. The Morgan fingerprint density at radius 2 is 1.78 bits per heavy atom. The van der Waals surface area contributed by atoms with Gasteiger partial charge in [-0.2, -0.15) is 0 Å². The van der Waals surface area contributed by atoms with E-state index >= 15 is 0 Å². The fraction of sp³-hybridized carbons (Fsp3) is 0.0952. The molecule has 0 bridgehead atoms. The molecule has 0 fully saturated rings. The highest BCUT2D eigenvalue weighted by molar-refractivity contribution is 6.05. The molecule has 2 aromatic carbocycles. The predicted molar refractivity (Wildman–Crippen MR) is 101 cm³/mol. The highest BCUT2D eigenvalue weighted by atomic mass is 19.1. The number of nitrogens with one attached hydrogen (secondary N) is 2. The maximum absolute atomic E-state index is 12.9. The Morgan fingerprint density at radius 1 is 1.00 bits per heavy atom. The first-order valence-corrected chi connectivity index (χ1v) is 8.38. The second-order valence-electron chi connectivity index (χ2n) is 6.06. The zero-order chi connectivity index (χ0) is 19.2. The number of aromatic nitrogens is 1. The quantitative estimate of drug-likeness (QED) is 0.726. The largest absolute Gasteiger partial charge is 0.347 e. The second-order valence-corrected chi connectivity index (χ2v) is 6.06. The van der Waals surface area contributed by atoms with E-state index < -0.39 is 5.91 Å². The molecule has 0 aliphatic carbocycles. The van der Waals surface area contributed by atoms with Crippen molar-refractivity contribution in [1.82, 2.24) is 10.3 Å². The third-order valence-electron chi connectivity index (χ3n) is 3.90. The van der Waals surface area contributed by atoms with Crippen molar-refractivity contribution in [2.45, 2.75) is 13.5 Å². The summed E-state index contributed by atoms with van der Waals surface area (Å²) in [6, 6.07) is 16.3. The van der Waals surface area contributed by atoms with Gasteiger partial charge in [0.1, 0.15) is 11.5 Å². The Labute approximate surface area is 156 Å². The number of nitrogens with zero attached hydrogens (tertiary/aromatic N) is 1. The molecule has 1 heterocycles. The van der Waals surface area contributed by atoms with E-state index in [1.54, 1.807) is 24.3 Å². The van der Waals surface area contributed by atoms with Crippen LogP contribution in [0, 0.1) is 12.7 Å². The number of hydrogen-bond donors (Lipinski definition) is 2. The zero-order valence-corrected chi connectivity index (χ0v) is 14.7. The Kier molecular flexibility index (Phi) is 5.56. The fourth-order valence-electron chi connectivity index (χ4n) is 2.50. The van der Waals surface area contributed by atoms with Crippen LogP contribution in [0.2, 0.25) is 0 Å². The molecule has 3 rings (SSSR count). The minimum absolute atomic E-state index is 0.133. The van der Waals surface area contributed by atoms with Crippen LogP contribution in [0.3, 0.4) is 0 Å². The average molecular weight is 363 g/mol. The van der Waals surface area contributed by atoms with Crippen LogP contribution in [0.1, 0.15) is 32.0 Å². The SMILES string of the molecule is Cc1cccc(NC(=O)c2ccnc(C(=O)NCc3ccc(F)cc3)c2)c1. The third kappa shape index (κ3) is 4.98. The first-order chi connectivity index (χ1) is 13.0. The fourth-order valence-corrected chi connectivity index (χ4v) is 2.50. The van der Waals surface area contributed by atoms with Gasteiger partial charge in [-0.15, -0.1) is 0 Å². The van der Waals surface area contributed by atoms with Gasteiger partial charge in [0.2, 0.25) is 0 Å². The van der Waals surface area contributed by atoms with Gasteiger partial charge in [0.25, 0.3) is 11.8 Å². The maximum atomic E-state index is 12.9. The van der Waals surface area contributed by atoms with E-state index in [4.69, 9.17) is 0 Å². The number of benzene rings is 2. The van der Waals surface area contributed by atoms with E-state index in [0.29, 0.717) is 11.3 Å². The van der Waals surface area contributed by atoms with Crippen molar-refractivity contribution in [2.24, 2.45) is 0 Å². The highest BCUT2D eigenvalue weighted by Gasteiger charge is 2.12. The van der Waals surface area contributed by atoms with Gasteiger partial charge in [-0.05, 0) is 54.4 Å². The zero-order valence-electron chi connectivity index (χ0n) is 14.7. The molecular weight excluding hydrogens is 345 g/mol. The number of carbonyl (C=O) groups excluding carboxylic acids is 2. The second kappa shape index (κ2) is 8.23. The number of carbonyl (C=O) groups is 2. The third-order valence-corrected chi connectivity index (χ3v) is 3.90. The van der Waals surface area contributed by atoms with Gasteiger partial charge in [-0.25, -0.2) is 4.39 Å². The van der Waals surface area contributed by atoms with Crippen LogP contribution in [0.4, 0.5) is 10.1 Å². The Balaban J connectivity index is 1.66. The lowest BCUT2D eigenvalue weighted by Crippen LogP contribution is -2.24. The number of halogens is 1. The Bertz CT molecular complexity index is 971. The van der Waals surface area contributed by atoms with E-state index in [9.17, 15) is 14.0 Å². The van der Waals surface area contributed by atoms with Crippen LogP contribution in [0.5, 0.6) is 0 Å². The summed E-state index contributed by atoms with van der Waals surface area (Å²) in [7, 11) is 0. The van der Waals surface area contributed by atoms with Crippen LogP contribution < -0.4 is 10.6 Å². The Morgan fingerprint density at radius 3 is 2.52 bits per heavy atom. The number of pyridine rings is 1. The van der Waals surface area contributed by atoms with Gasteiger partial charge in [-0.3, -0.25) is 14.6 Å². The number of aryl methyl sites for hydroxylation is 1. The lowest BCUT2D eigenvalue weighted by atomic mass is 10.1. The lowest BCUT2D eigenvalue weighted by Gasteiger charge is -2.08. The van der Waals surface area contributed by atoms with Crippen molar-refractivity contribution in [3.8, 4) is 0 Å². The summed E-state index contributed by atoms with van der Waals surface area (Å²) in [5, 5.41) is 5.50. The van der Waals surface area contributed by atoms with Gasteiger partial charge in [0, 0.05) is 24.0 Å². The number of amides is 2. The molecule has 2 amide bonds. The van der Waals surface area contributed by atoms with Gasteiger partial charge in [0.15, 0.2) is 0 Å². The van der Waals surface area contributed by atoms with E-state index in [0.717, 1.165) is 11.1 Å². The number of anilines is 1. The van der Waals surface area contributed by atoms with E-state index in [-0.39, 0.29) is 24.0 Å². The molecule has 6 heteroatoms. The van der Waals surface area contributed by atoms with E-state index in [2.05, 4.69) is 15.6 Å². The monoisotopic (exact) mass is 363 g/mol. The molecule has 0 spiro atoms. The minimum Gasteiger partial charge on any atom is -0.347 e. The van der Waals surface area contributed by atoms with Gasteiger partial charge in [-0.1, -0.05) is 24.3 Å². The van der Waals surface area contributed by atoms with Crippen molar-refractivity contribution >= 4 is 17.5 Å². The first-order valence-electron chi connectivity index (χ1n) is 8.38. The standard InChI is InChI=1S/C21H18FN3O2/c1-14-3-2-4-18(11-14)25-20(26)16-9-10-23-19(12-16)21(27)24-13-15-5-7-17(22)8-6-15/h2-12H,13H2,1H3,(H,24,27)(H,25,26). The molecule has 0 saturated heterocycles. The summed E-state index contributed by atoms with van der Waals surface area (Å²) < 4.78 is 12.9. The summed E-state index contributed by atoms with van der Waals surface area (Å²) in [6.45, 7) is 2.17. The summed E-state index contributed by atoms with van der Waals surface area (Å²) in [4.78, 5) is 28.7. The first kappa shape index (κ1) is 18.3. The molecule has 2 N–H and O–H groups in total. The van der Waals surface area contributed by atoms with Crippen molar-refractivity contribution in [2.75, 3.05) is 5.32 Å². The number of hydrogen-bond acceptors (Lipinski definition) is 3. The van der Waals surface area contributed by atoms with Crippen molar-refractivity contribution < 1.29 is 14.0 Å². The molecule has 27 heavy (non-hydrogen) atoms. The highest BCUT2D eigenvalue weighted by Crippen LogP contribution is 2.12. The summed E-state index contributed by atoms with van der Waals surface area (Å²) in [5.41, 5.74) is 2.94. The van der Waals surface area contributed by atoms with Gasteiger partial charge in [0.05, 0.1) is 0 Å². The van der Waals surface area contributed by atoms with E-state index in [1.165, 1.54) is 24.4 Å². The minimum atomic E-state index is -0.412. The summed E-state index contributed by atoms with van der Waals surface area (Å²) in [6.07, 6.45) is 1.41. The van der Waals surface area contributed by atoms with Crippen molar-refractivity contribution in [1.29, 1.82) is 0 Å². The van der Waals surface area contributed by atoms with Crippen LogP contribution >= 0.6 is 0 Å². The normalized spacial score (nSPS) is 10.3. The van der Waals surface area contributed by atoms with Crippen molar-refractivity contribution in [3.05, 3.63) is 95.1 Å². The van der Waals surface area contributed by atoms with Gasteiger partial charge >= 0.3 is 0 Å². The molecule has 0 aliphatic heterocycles. The molecule has 0 saturated carbocycles. The van der Waals surface area contributed by atoms with Crippen LogP contribution in [0.25, 0.3) is 0 Å². The molecule has 0 aliphatic rings. The molecule has 136 valence electrons. The van der Waals surface area contributed by atoms with Crippen LogP contribution in [-0.2, 0) is 6.54 Å². The lowest BCUT2D eigenvalue weighted by molar-refractivity contribution is 0.0946. The molecular formula is C21H18FN3O2. The molecule has 0 radical (unpaired) electrons. The molecule has 0 atom stereocenters. The van der Waals surface area contributed by atoms with E-state index in [1.807, 2.05) is 25.1 Å². The molecule has 1 aromatic heterocycles. The van der Waals surface area contributed by atoms with Crippen LogP contribution in [-0.4, -0.2) is 16.8 Å². The molecule has 3 aromatic rings. The van der Waals surface area contributed by atoms with Crippen molar-refractivity contribution in [3.63, 3.8) is 0 Å². The van der Waals surface area contributed by atoms with Gasteiger partial charge < -0.3 is 10.6 Å². The number of rotatable bonds is 5.